The Morgan fingerprint density at radius 2 is 1.26 bits per heavy atom. The SMILES string of the molecule is CCC[n+]1ccc(/C=C/c2ccc(-c3ccc(N(c4ccccc4)c4ccccc4)cc3)s2)cc1. The van der Waals surface area contributed by atoms with E-state index in [-0.39, 0.29) is 0 Å². The molecule has 0 unspecified atom stereocenters. The quantitative estimate of drug-likeness (QED) is 0.204. The minimum absolute atomic E-state index is 1.06. The largest absolute Gasteiger partial charge is 0.311 e. The number of hydrogen-bond donors (Lipinski definition) is 0. The number of nitrogens with zero attached hydrogens (tertiary/aromatic N) is 2. The Labute approximate surface area is 212 Å². The summed E-state index contributed by atoms with van der Waals surface area (Å²) in [5.74, 6) is 0. The highest BCUT2D eigenvalue weighted by molar-refractivity contribution is 7.16. The Morgan fingerprint density at radius 3 is 1.86 bits per heavy atom. The van der Waals surface area contributed by atoms with E-state index in [0.717, 1.165) is 30.0 Å². The fourth-order valence-electron chi connectivity index (χ4n) is 4.14. The van der Waals surface area contributed by atoms with Gasteiger partial charge in [-0.15, -0.1) is 11.3 Å². The van der Waals surface area contributed by atoms with Crippen LogP contribution in [-0.2, 0) is 6.54 Å². The molecule has 0 saturated heterocycles. The molecule has 0 radical (unpaired) electrons. The lowest BCUT2D eigenvalue weighted by molar-refractivity contribution is -0.697. The number of anilines is 3. The Balaban J connectivity index is 1.35. The lowest BCUT2D eigenvalue weighted by Crippen LogP contribution is -2.31. The van der Waals surface area contributed by atoms with E-state index in [4.69, 9.17) is 0 Å². The van der Waals surface area contributed by atoms with Crippen molar-refractivity contribution in [2.24, 2.45) is 0 Å². The molecule has 2 heterocycles. The van der Waals surface area contributed by atoms with Gasteiger partial charge in [0.15, 0.2) is 12.4 Å². The van der Waals surface area contributed by atoms with Crippen molar-refractivity contribution in [2.45, 2.75) is 19.9 Å². The average Bonchev–Trinajstić information content (AvgIpc) is 3.40. The van der Waals surface area contributed by atoms with Gasteiger partial charge in [0, 0.05) is 45.4 Å². The van der Waals surface area contributed by atoms with Gasteiger partial charge in [-0.3, -0.25) is 0 Å². The van der Waals surface area contributed by atoms with Crippen molar-refractivity contribution in [1.29, 1.82) is 0 Å². The van der Waals surface area contributed by atoms with Gasteiger partial charge in [0.25, 0.3) is 0 Å². The van der Waals surface area contributed by atoms with E-state index in [9.17, 15) is 0 Å². The van der Waals surface area contributed by atoms with Crippen molar-refractivity contribution in [1.82, 2.24) is 0 Å². The summed E-state index contributed by atoms with van der Waals surface area (Å²) in [7, 11) is 0. The Hall–Kier alpha value is -3.95. The van der Waals surface area contributed by atoms with Crippen LogP contribution in [0.1, 0.15) is 23.8 Å². The normalized spacial score (nSPS) is 11.1. The van der Waals surface area contributed by atoms with Crippen LogP contribution in [0.25, 0.3) is 22.6 Å². The van der Waals surface area contributed by atoms with Crippen LogP contribution in [0.15, 0.2) is 122 Å². The first kappa shape index (κ1) is 22.8. The van der Waals surface area contributed by atoms with Crippen molar-refractivity contribution in [3.05, 3.63) is 132 Å². The molecule has 5 aromatic rings. The number of aryl methyl sites for hydroxylation is 1. The molecular formula is C32H29N2S+. The zero-order valence-electron chi connectivity index (χ0n) is 19.9. The maximum Gasteiger partial charge on any atom is 0.169 e. The van der Waals surface area contributed by atoms with E-state index in [1.54, 1.807) is 0 Å². The van der Waals surface area contributed by atoms with Crippen molar-refractivity contribution in [2.75, 3.05) is 4.90 Å². The smallest absolute Gasteiger partial charge is 0.169 e. The van der Waals surface area contributed by atoms with Crippen LogP contribution >= 0.6 is 11.3 Å². The van der Waals surface area contributed by atoms with Gasteiger partial charge in [-0.1, -0.05) is 61.5 Å². The molecule has 3 heteroatoms. The summed E-state index contributed by atoms with van der Waals surface area (Å²) >= 11 is 1.82. The van der Waals surface area contributed by atoms with Gasteiger partial charge in [0.2, 0.25) is 0 Å². The summed E-state index contributed by atoms with van der Waals surface area (Å²) in [6.45, 7) is 3.26. The van der Waals surface area contributed by atoms with Crippen LogP contribution in [-0.4, -0.2) is 0 Å². The maximum absolute atomic E-state index is 2.29. The minimum atomic E-state index is 1.06. The predicted octanol–water partition coefficient (Wildman–Crippen LogP) is 8.75. The molecule has 0 fully saturated rings. The average molecular weight is 474 g/mol. The number of rotatable bonds is 8. The third-order valence-corrected chi connectivity index (χ3v) is 7.00. The highest BCUT2D eigenvalue weighted by atomic mass is 32.1. The first-order chi connectivity index (χ1) is 17.3. The first-order valence-electron chi connectivity index (χ1n) is 12.1. The Bertz CT molecular complexity index is 1330. The zero-order chi connectivity index (χ0) is 23.9. The fraction of sp³-hybridized carbons (Fsp3) is 0.0938. The molecular weight excluding hydrogens is 444 g/mol. The standard InChI is InChI=1S/C32H29N2S/c1-2-23-33-24-21-26(22-25-33)13-18-31-19-20-32(35-31)27-14-16-30(17-15-27)34(28-9-5-3-6-10-28)29-11-7-4-8-12-29/h3-22,24-25H,2,23H2,1H3/q+1. The third kappa shape index (κ3) is 5.59. The molecule has 0 aliphatic rings. The van der Waals surface area contributed by atoms with E-state index < -0.39 is 0 Å². The van der Waals surface area contributed by atoms with E-state index in [2.05, 4.69) is 150 Å². The number of benzene rings is 3. The summed E-state index contributed by atoms with van der Waals surface area (Å²) in [6, 6.07) is 38.6. The molecule has 3 aromatic carbocycles. The number of para-hydroxylation sites is 2. The monoisotopic (exact) mass is 473 g/mol. The van der Waals surface area contributed by atoms with Crippen LogP contribution in [0.3, 0.4) is 0 Å². The third-order valence-electron chi connectivity index (χ3n) is 5.90. The molecule has 0 aliphatic carbocycles. The molecule has 0 N–H and O–H groups in total. The van der Waals surface area contributed by atoms with Gasteiger partial charge in [-0.25, -0.2) is 4.57 Å². The lowest BCUT2D eigenvalue weighted by atomic mass is 10.1. The number of pyridine rings is 1. The molecule has 2 nitrogen and oxygen atoms in total. The fourth-order valence-corrected chi connectivity index (χ4v) is 5.06. The molecule has 0 bridgehead atoms. The minimum Gasteiger partial charge on any atom is -0.311 e. The summed E-state index contributed by atoms with van der Waals surface area (Å²) in [5, 5.41) is 0. The molecule has 172 valence electrons. The molecule has 0 aliphatic heterocycles. The molecule has 0 atom stereocenters. The van der Waals surface area contributed by atoms with Gasteiger partial charge in [0.1, 0.15) is 6.54 Å². The lowest BCUT2D eigenvalue weighted by Gasteiger charge is -2.25. The van der Waals surface area contributed by atoms with E-state index in [1.165, 1.54) is 20.9 Å². The molecule has 2 aromatic heterocycles. The number of aromatic nitrogens is 1. The van der Waals surface area contributed by atoms with Gasteiger partial charge in [0.05, 0.1) is 0 Å². The van der Waals surface area contributed by atoms with Crippen LogP contribution < -0.4 is 9.47 Å². The second-order valence-electron chi connectivity index (χ2n) is 8.46. The first-order valence-corrected chi connectivity index (χ1v) is 12.9. The number of thiophene rings is 1. The summed E-state index contributed by atoms with van der Waals surface area (Å²) in [4.78, 5) is 4.82. The molecule has 35 heavy (non-hydrogen) atoms. The van der Waals surface area contributed by atoms with Crippen LogP contribution in [0.2, 0.25) is 0 Å². The van der Waals surface area contributed by atoms with Gasteiger partial charge < -0.3 is 4.90 Å². The summed E-state index contributed by atoms with van der Waals surface area (Å²) in [5.41, 5.74) is 5.90. The van der Waals surface area contributed by atoms with Crippen LogP contribution in [0.5, 0.6) is 0 Å². The second kappa shape index (κ2) is 11.0. The highest BCUT2D eigenvalue weighted by Crippen LogP contribution is 2.36. The molecule has 5 rings (SSSR count). The number of hydrogen-bond acceptors (Lipinski definition) is 2. The van der Waals surface area contributed by atoms with Crippen LogP contribution in [0, 0.1) is 0 Å². The van der Waals surface area contributed by atoms with E-state index in [1.807, 2.05) is 11.3 Å². The van der Waals surface area contributed by atoms with Crippen molar-refractivity contribution >= 4 is 40.6 Å². The zero-order valence-corrected chi connectivity index (χ0v) is 20.7. The molecule has 0 saturated carbocycles. The van der Waals surface area contributed by atoms with Crippen LogP contribution in [0.4, 0.5) is 17.1 Å². The van der Waals surface area contributed by atoms with E-state index >= 15 is 0 Å². The highest BCUT2D eigenvalue weighted by Gasteiger charge is 2.12. The summed E-state index contributed by atoms with van der Waals surface area (Å²) in [6.07, 6.45) is 9.84. The summed E-state index contributed by atoms with van der Waals surface area (Å²) < 4.78 is 2.22. The van der Waals surface area contributed by atoms with Gasteiger partial charge in [-0.05, 0) is 65.7 Å². The van der Waals surface area contributed by atoms with Gasteiger partial charge >= 0.3 is 0 Å². The molecule has 0 spiro atoms. The van der Waals surface area contributed by atoms with Crippen molar-refractivity contribution in [3.63, 3.8) is 0 Å². The maximum atomic E-state index is 2.29. The predicted molar refractivity (Wildman–Crippen MR) is 150 cm³/mol. The Kier molecular flexibility index (Phi) is 7.16. The van der Waals surface area contributed by atoms with Gasteiger partial charge in [-0.2, -0.15) is 0 Å². The second-order valence-corrected chi connectivity index (χ2v) is 9.57. The Morgan fingerprint density at radius 1 is 0.657 bits per heavy atom. The van der Waals surface area contributed by atoms with Crippen molar-refractivity contribution < 1.29 is 4.57 Å². The topological polar surface area (TPSA) is 7.12 Å². The van der Waals surface area contributed by atoms with Crippen molar-refractivity contribution in [3.8, 4) is 10.4 Å². The van der Waals surface area contributed by atoms with E-state index in [0.29, 0.717) is 0 Å². The molecule has 0 amide bonds.